The van der Waals surface area contributed by atoms with Crippen LogP contribution in [0.3, 0.4) is 0 Å². The lowest BCUT2D eigenvalue weighted by atomic mass is 10.0. The zero-order valence-electron chi connectivity index (χ0n) is 10.2. The molecule has 0 spiro atoms. The third-order valence-electron chi connectivity index (χ3n) is 3.07. The van der Waals surface area contributed by atoms with E-state index < -0.39 is 6.10 Å². The van der Waals surface area contributed by atoms with E-state index in [1.165, 1.54) is 10.9 Å². The molecule has 5 nitrogen and oxygen atoms in total. The van der Waals surface area contributed by atoms with Crippen LogP contribution in [0.25, 0.3) is 10.9 Å². The molecule has 0 fully saturated rings. The van der Waals surface area contributed by atoms with Crippen molar-refractivity contribution in [1.29, 1.82) is 0 Å². The van der Waals surface area contributed by atoms with Gasteiger partial charge >= 0.3 is 0 Å². The van der Waals surface area contributed by atoms with Gasteiger partial charge in [0, 0.05) is 29.2 Å². The molecule has 0 bridgehead atoms. The lowest BCUT2D eigenvalue weighted by Gasteiger charge is -2.13. The monoisotopic (exact) mass is 274 g/mol. The van der Waals surface area contributed by atoms with Crippen molar-refractivity contribution < 1.29 is 5.11 Å². The van der Waals surface area contributed by atoms with Crippen LogP contribution in [-0.2, 0) is 7.05 Å². The second-order valence-electron chi connectivity index (χ2n) is 4.22. The molecule has 2 heterocycles. The molecule has 0 saturated heterocycles. The van der Waals surface area contributed by atoms with Crippen LogP contribution in [0.2, 0.25) is 5.02 Å². The second kappa shape index (κ2) is 4.60. The molecule has 1 unspecified atom stereocenters. The van der Waals surface area contributed by atoms with Crippen molar-refractivity contribution in [2.24, 2.45) is 7.05 Å². The van der Waals surface area contributed by atoms with Crippen LogP contribution in [0.1, 0.15) is 17.4 Å². The summed E-state index contributed by atoms with van der Waals surface area (Å²) in [5.41, 5.74) is 1.98. The average Bonchev–Trinajstić information content (AvgIpc) is 2.85. The van der Waals surface area contributed by atoms with E-state index in [4.69, 9.17) is 11.6 Å². The zero-order valence-corrected chi connectivity index (χ0v) is 10.9. The van der Waals surface area contributed by atoms with Crippen LogP contribution in [0.4, 0.5) is 0 Å². The maximum absolute atomic E-state index is 10.5. The topological polar surface area (TPSA) is 63.8 Å². The summed E-state index contributed by atoms with van der Waals surface area (Å²) in [5, 5.41) is 19.5. The Morgan fingerprint density at radius 2 is 2.16 bits per heavy atom. The minimum Gasteiger partial charge on any atom is -0.382 e. The summed E-state index contributed by atoms with van der Waals surface area (Å²) in [6.45, 7) is 0. The summed E-state index contributed by atoms with van der Waals surface area (Å²) >= 11 is 6.14. The normalized spacial score (nSPS) is 12.8. The highest BCUT2D eigenvalue weighted by atomic mass is 35.5. The smallest absolute Gasteiger partial charge is 0.124 e. The fraction of sp³-hybridized carbons (Fsp3) is 0.154. The van der Waals surface area contributed by atoms with Gasteiger partial charge < -0.3 is 5.11 Å². The number of hydrogen-bond donors (Lipinski definition) is 1. The molecule has 1 atom stereocenters. The summed E-state index contributed by atoms with van der Waals surface area (Å²) in [5.74, 6) is 0. The van der Waals surface area contributed by atoms with E-state index in [-0.39, 0.29) is 0 Å². The summed E-state index contributed by atoms with van der Waals surface area (Å²) in [7, 11) is 1.73. The standard InChI is InChI=1S/C13H11ClN4O/c1-18-11(7-16-17-18)13(19)9-4-5-10(14)8-3-2-6-15-12(8)9/h2-7,13,19H,1H3. The SMILES string of the molecule is Cn1nncc1C(O)c1ccc(Cl)c2cccnc12. The molecule has 0 radical (unpaired) electrons. The molecule has 0 amide bonds. The van der Waals surface area contributed by atoms with Gasteiger partial charge in [0.2, 0.25) is 0 Å². The number of aryl methyl sites for hydroxylation is 1. The van der Waals surface area contributed by atoms with E-state index in [2.05, 4.69) is 15.3 Å². The van der Waals surface area contributed by atoms with Gasteiger partial charge in [-0.2, -0.15) is 0 Å². The summed E-state index contributed by atoms with van der Waals surface area (Å²) < 4.78 is 1.54. The first-order chi connectivity index (χ1) is 9.18. The predicted octanol–water partition coefficient (Wildman–Crippen LogP) is 2.10. The molecule has 19 heavy (non-hydrogen) atoms. The Bertz CT molecular complexity index is 740. The molecule has 96 valence electrons. The molecule has 1 aromatic carbocycles. The van der Waals surface area contributed by atoms with Gasteiger partial charge in [0.05, 0.1) is 17.4 Å². The molecule has 3 rings (SSSR count). The van der Waals surface area contributed by atoms with Gasteiger partial charge in [0.1, 0.15) is 6.10 Å². The summed E-state index contributed by atoms with van der Waals surface area (Å²) in [6.07, 6.45) is 2.37. The number of fused-ring (bicyclic) bond motifs is 1. The molecule has 0 aliphatic heterocycles. The van der Waals surface area contributed by atoms with E-state index in [1.807, 2.05) is 12.1 Å². The molecule has 2 aromatic heterocycles. The van der Waals surface area contributed by atoms with E-state index in [1.54, 1.807) is 25.4 Å². The fourth-order valence-corrected chi connectivity index (χ4v) is 2.30. The quantitative estimate of drug-likeness (QED) is 0.777. The van der Waals surface area contributed by atoms with Crippen LogP contribution in [-0.4, -0.2) is 25.1 Å². The molecule has 6 heteroatoms. The molecule has 3 aromatic rings. The number of halogens is 1. The number of hydrogen-bond acceptors (Lipinski definition) is 4. The van der Waals surface area contributed by atoms with E-state index in [9.17, 15) is 5.11 Å². The summed E-state index contributed by atoms with van der Waals surface area (Å²) in [4.78, 5) is 4.31. The fourth-order valence-electron chi connectivity index (χ4n) is 2.08. The first kappa shape index (κ1) is 12.1. The Morgan fingerprint density at radius 1 is 1.32 bits per heavy atom. The van der Waals surface area contributed by atoms with Crippen LogP contribution in [0.5, 0.6) is 0 Å². The van der Waals surface area contributed by atoms with E-state index in [0.29, 0.717) is 21.8 Å². The van der Waals surface area contributed by atoms with Crippen LogP contribution in [0.15, 0.2) is 36.7 Å². The van der Waals surface area contributed by atoms with Crippen molar-refractivity contribution in [2.75, 3.05) is 0 Å². The minimum absolute atomic E-state index is 0.606. The number of pyridine rings is 1. The highest BCUT2D eigenvalue weighted by molar-refractivity contribution is 6.35. The Morgan fingerprint density at radius 3 is 2.89 bits per heavy atom. The molecule has 1 N–H and O–H groups in total. The summed E-state index contributed by atoms with van der Waals surface area (Å²) in [6, 6.07) is 7.22. The average molecular weight is 275 g/mol. The van der Waals surface area contributed by atoms with Gasteiger partial charge in [-0.15, -0.1) is 5.10 Å². The highest BCUT2D eigenvalue weighted by Crippen LogP contribution is 2.30. The van der Waals surface area contributed by atoms with Crippen molar-refractivity contribution in [3.63, 3.8) is 0 Å². The molecule has 0 aliphatic rings. The van der Waals surface area contributed by atoms with Crippen LogP contribution < -0.4 is 0 Å². The molecule has 0 aliphatic carbocycles. The first-order valence-corrected chi connectivity index (χ1v) is 6.12. The maximum atomic E-state index is 10.5. The van der Waals surface area contributed by atoms with Crippen molar-refractivity contribution in [3.05, 3.63) is 52.9 Å². The molecule has 0 saturated carbocycles. The van der Waals surface area contributed by atoms with Gasteiger partial charge in [-0.1, -0.05) is 22.9 Å². The van der Waals surface area contributed by atoms with Gasteiger partial charge in [-0.3, -0.25) is 4.98 Å². The lowest BCUT2D eigenvalue weighted by molar-refractivity contribution is 0.211. The third-order valence-corrected chi connectivity index (χ3v) is 3.40. The number of aliphatic hydroxyl groups excluding tert-OH is 1. The Balaban J connectivity index is 2.21. The number of aliphatic hydroxyl groups is 1. The van der Waals surface area contributed by atoms with Crippen LogP contribution in [0, 0.1) is 0 Å². The zero-order chi connectivity index (χ0) is 13.4. The maximum Gasteiger partial charge on any atom is 0.124 e. The third kappa shape index (κ3) is 1.97. The second-order valence-corrected chi connectivity index (χ2v) is 4.63. The largest absolute Gasteiger partial charge is 0.382 e. The lowest BCUT2D eigenvalue weighted by Crippen LogP contribution is -2.07. The molecular weight excluding hydrogens is 264 g/mol. The number of aromatic nitrogens is 4. The van der Waals surface area contributed by atoms with E-state index in [0.717, 1.165) is 5.39 Å². The first-order valence-electron chi connectivity index (χ1n) is 5.74. The highest BCUT2D eigenvalue weighted by Gasteiger charge is 2.18. The Kier molecular flexibility index (Phi) is 2.93. The molecular formula is C13H11ClN4O. The van der Waals surface area contributed by atoms with Gasteiger partial charge in [-0.25, -0.2) is 4.68 Å². The van der Waals surface area contributed by atoms with Crippen molar-refractivity contribution >= 4 is 22.5 Å². The predicted molar refractivity (Wildman–Crippen MR) is 71.8 cm³/mol. The van der Waals surface area contributed by atoms with Crippen LogP contribution >= 0.6 is 11.6 Å². The number of benzene rings is 1. The van der Waals surface area contributed by atoms with Gasteiger partial charge in [-0.05, 0) is 18.2 Å². The van der Waals surface area contributed by atoms with Crippen molar-refractivity contribution in [2.45, 2.75) is 6.10 Å². The van der Waals surface area contributed by atoms with Gasteiger partial charge in [0.25, 0.3) is 0 Å². The minimum atomic E-state index is -0.838. The van der Waals surface area contributed by atoms with E-state index >= 15 is 0 Å². The Hall–Kier alpha value is -1.98. The van der Waals surface area contributed by atoms with Crippen molar-refractivity contribution in [3.8, 4) is 0 Å². The van der Waals surface area contributed by atoms with Gasteiger partial charge in [0.15, 0.2) is 0 Å². The number of rotatable bonds is 2. The number of nitrogens with zero attached hydrogens (tertiary/aromatic N) is 4. The Labute approximate surface area is 114 Å². The van der Waals surface area contributed by atoms with Crippen molar-refractivity contribution in [1.82, 2.24) is 20.0 Å².